The van der Waals surface area contributed by atoms with Crippen LogP contribution in [0.5, 0.6) is 11.5 Å². The van der Waals surface area contributed by atoms with E-state index in [9.17, 15) is 8.42 Å². The Bertz CT molecular complexity index is 696. The number of nitrogen functional groups attached to an aromatic ring is 1. The van der Waals surface area contributed by atoms with Crippen molar-refractivity contribution in [2.45, 2.75) is 4.90 Å². The lowest BCUT2D eigenvalue weighted by atomic mass is 10.3. The summed E-state index contributed by atoms with van der Waals surface area (Å²) >= 11 is 0. The standard InChI is InChI=1S/C15H17NO4S/c1-19-14-4-2-3-5-15(14)21(17,18)11-10-20-13-8-6-12(16)7-9-13/h2-9H,10-11,16H2,1H3. The van der Waals surface area contributed by atoms with E-state index in [0.717, 1.165) is 0 Å². The lowest BCUT2D eigenvalue weighted by molar-refractivity contribution is 0.340. The fourth-order valence-corrected chi connectivity index (χ4v) is 3.09. The molecule has 0 aromatic heterocycles. The summed E-state index contributed by atoms with van der Waals surface area (Å²) in [5.41, 5.74) is 6.20. The average molecular weight is 307 g/mol. The first-order chi connectivity index (χ1) is 10.0. The SMILES string of the molecule is COc1ccccc1S(=O)(=O)CCOc1ccc(N)cc1. The van der Waals surface area contributed by atoms with E-state index in [0.29, 0.717) is 17.2 Å². The number of hydrogen-bond acceptors (Lipinski definition) is 5. The molecule has 0 aliphatic rings. The van der Waals surface area contributed by atoms with Crippen LogP contribution in [0.2, 0.25) is 0 Å². The highest BCUT2D eigenvalue weighted by atomic mass is 32.2. The first kappa shape index (κ1) is 15.2. The number of methoxy groups -OCH3 is 1. The molecule has 2 aromatic carbocycles. The molecule has 0 aliphatic heterocycles. The molecule has 2 N–H and O–H groups in total. The minimum atomic E-state index is -3.46. The van der Waals surface area contributed by atoms with Crippen molar-refractivity contribution in [1.29, 1.82) is 0 Å². The summed E-state index contributed by atoms with van der Waals surface area (Å²) in [5.74, 6) is 0.794. The number of sulfone groups is 1. The third kappa shape index (κ3) is 3.88. The molecule has 0 saturated carbocycles. The van der Waals surface area contributed by atoms with Crippen molar-refractivity contribution in [1.82, 2.24) is 0 Å². The number of anilines is 1. The molecule has 0 bridgehead atoms. The van der Waals surface area contributed by atoms with Crippen LogP contribution in [0, 0.1) is 0 Å². The van der Waals surface area contributed by atoms with Crippen LogP contribution in [0.25, 0.3) is 0 Å². The largest absolute Gasteiger partial charge is 0.495 e. The maximum atomic E-state index is 12.3. The fraction of sp³-hybridized carbons (Fsp3) is 0.200. The minimum Gasteiger partial charge on any atom is -0.495 e. The molecule has 2 aromatic rings. The molecule has 2 rings (SSSR count). The summed E-state index contributed by atoms with van der Waals surface area (Å²) < 4.78 is 35.0. The zero-order valence-corrected chi connectivity index (χ0v) is 12.5. The number of rotatable bonds is 6. The van der Waals surface area contributed by atoms with Gasteiger partial charge in [-0.1, -0.05) is 12.1 Å². The summed E-state index contributed by atoms with van der Waals surface area (Å²) in [5, 5.41) is 0. The molecule has 0 unspecified atom stereocenters. The number of para-hydroxylation sites is 1. The van der Waals surface area contributed by atoms with Crippen molar-refractivity contribution in [2.24, 2.45) is 0 Å². The second-order valence-electron chi connectivity index (χ2n) is 4.39. The quantitative estimate of drug-likeness (QED) is 0.827. The van der Waals surface area contributed by atoms with Gasteiger partial charge in [-0.2, -0.15) is 0 Å². The van der Waals surface area contributed by atoms with Gasteiger partial charge in [-0.05, 0) is 36.4 Å². The van der Waals surface area contributed by atoms with E-state index in [1.165, 1.54) is 13.2 Å². The summed E-state index contributed by atoms with van der Waals surface area (Å²) in [4.78, 5) is 0.174. The predicted octanol–water partition coefficient (Wildman–Crippen LogP) is 2.13. The van der Waals surface area contributed by atoms with Crippen molar-refractivity contribution >= 4 is 15.5 Å². The Labute approximate surface area is 124 Å². The van der Waals surface area contributed by atoms with Gasteiger partial charge in [-0.25, -0.2) is 8.42 Å². The van der Waals surface area contributed by atoms with Crippen LogP contribution in [0.3, 0.4) is 0 Å². The molecular formula is C15H17NO4S. The molecule has 0 amide bonds. The minimum absolute atomic E-state index is 0.0598. The molecule has 0 heterocycles. The normalized spacial score (nSPS) is 11.1. The highest BCUT2D eigenvalue weighted by molar-refractivity contribution is 7.91. The monoisotopic (exact) mass is 307 g/mol. The molecule has 6 heteroatoms. The molecule has 0 aliphatic carbocycles. The van der Waals surface area contributed by atoms with E-state index in [1.54, 1.807) is 42.5 Å². The predicted molar refractivity (Wildman–Crippen MR) is 81.4 cm³/mol. The number of benzene rings is 2. The van der Waals surface area contributed by atoms with Crippen LogP contribution in [0.15, 0.2) is 53.4 Å². The number of hydrogen-bond donors (Lipinski definition) is 1. The zero-order valence-electron chi connectivity index (χ0n) is 11.7. The van der Waals surface area contributed by atoms with Gasteiger partial charge in [0.15, 0.2) is 9.84 Å². The number of ether oxygens (including phenoxy) is 2. The Hall–Kier alpha value is -2.21. The summed E-state index contributed by atoms with van der Waals surface area (Å²) in [7, 11) is -2.01. The summed E-state index contributed by atoms with van der Waals surface area (Å²) in [6.45, 7) is 0.0598. The van der Waals surface area contributed by atoms with Crippen LogP contribution >= 0.6 is 0 Å². The van der Waals surface area contributed by atoms with Gasteiger partial charge in [0.2, 0.25) is 0 Å². The van der Waals surface area contributed by atoms with Gasteiger partial charge >= 0.3 is 0 Å². The van der Waals surface area contributed by atoms with Gasteiger partial charge in [0.25, 0.3) is 0 Å². The van der Waals surface area contributed by atoms with Crippen LogP contribution in [-0.4, -0.2) is 27.9 Å². The van der Waals surface area contributed by atoms with E-state index >= 15 is 0 Å². The Morgan fingerprint density at radius 1 is 1.05 bits per heavy atom. The van der Waals surface area contributed by atoms with Gasteiger partial charge in [-0.3, -0.25) is 0 Å². The molecule has 5 nitrogen and oxygen atoms in total. The Balaban J connectivity index is 2.03. The molecule has 0 spiro atoms. The van der Waals surface area contributed by atoms with Crippen molar-refractivity contribution in [3.8, 4) is 11.5 Å². The van der Waals surface area contributed by atoms with Crippen LogP contribution in [0.1, 0.15) is 0 Å². The molecule has 0 saturated heterocycles. The third-order valence-electron chi connectivity index (χ3n) is 2.91. The van der Waals surface area contributed by atoms with Crippen molar-refractivity contribution in [2.75, 3.05) is 25.2 Å². The first-order valence-electron chi connectivity index (χ1n) is 6.37. The maximum absolute atomic E-state index is 12.3. The highest BCUT2D eigenvalue weighted by Crippen LogP contribution is 2.24. The van der Waals surface area contributed by atoms with Gasteiger partial charge in [0.1, 0.15) is 23.0 Å². The first-order valence-corrected chi connectivity index (χ1v) is 8.02. The summed E-state index contributed by atoms with van der Waals surface area (Å²) in [6.07, 6.45) is 0. The van der Waals surface area contributed by atoms with E-state index in [2.05, 4.69) is 0 Å². The molecule has 0 radical (unpaired) electrons. The molecule has 112 valence electrons. The smallest absolute Gasteiger partial charge is 0.185 e. The lowest BCUT2D eigenvalue weighted by Crippen LogP contribution is -2.15. The van der Waals surface area contributed by atoms with Crippen molar-refractivity contribution < 1.29 is 17.9 Å². The van der Waals surface area contributed by atoms with Gasteiger partial charge in [-0.15, -0.1) is 0 Å². The lowest BCUT2D eigenvalue weighted by Gasteiger charge is -2.10. The third-order valence-corrected chi connectivity index (χ3v) is 4.62. The second-order valence-corrected chi connectivity index (χ2v) is 6.46. The van der Waals surface area contributed by atoms with Crippen LogP contribution in [0.4, 0.5) is 5.69 Å². The molecule has 0 fully saturated rings. The summed E-state index contributed by atoms with van der Waals surface area (Å²) in [6, 6.07) is 13.3. The molecule has 21 heavy (non-hydrogen) atoms. The Morgan fingerprint density at radius 3 is 2.38 bits per heavy atom. The topological polar surface area (TPSA) is 78.6 Å². The Kier molecular flexibility index (Phi) is 4.70. The van der Waals surface area contributed by atoms with Crippen molar-refractivity contribution in [3.05, 3.63) is 48.5 Å². The van der Waals surface area contributed by atoms with Crippen LogP contribution < -0.4 is 15.2 Å². The maximum Gasteiger partial charge on any atom is 0.185 e. The van der Waals surface area contributed by atoms with E-state index < -0.39 is 9.84 Å². The average Bonchev–Trinajstić information content (AvgIpc) is 2.49. The van der Waals surface area contributed by atoms with E-state index in [-0.39, 0.29) is 17.3 Å². The van der Waals surface area contributed by atoms with Gasteiger partial charge < -0.3 is 15.2 Å². The van der Waals surface area contributed by atoms with Crippen molar-refractivity contribution in [3.63, 3.8) is 0 Å². The van der Waals surface area contributed by atoms with Crippen LogP contribution in [-0.2, 0) is 9.84 Å². The molecular weight excluding hydrogens is 290 g/mol. The Morgan fingerprint density at radius 2 is 1.71 bits per heavy atom. The van der Waals surface area contributed by atoms with E-state index in [1.807, 2.05) is 0 Å². The van der Waals surface area contributed by atoms with Gasteiger partial charge in [0.05, 0.1) is 12.9 Å². The second kappa shape index (κ2) is 6.49. The highest BCUT2D eigenvalue weighted by Gasteiger charge is 2.19. The molecule has 0 atom stereocenters. The van der Waals surface area contributed by atoms with E-state index in [4.69, 9.17) is 15.2 Å². The fourth-order valence-electron chi connectivity index (χ4n) is 1.82. The zero-order chi connectivity index (χ0) is 15.3. The van der Waals surface area contributed by atoms with Gasteiger partial charge in [0, 0.05) is 5.69 Å². The number of nitrogens with two attached hydrogens (primary N) is 1.